The predicted octanol–water partition coefficient (Wildman–Crippen LogP) is 0.639. The fraction of sp³-hybridized carbons (Fsp3) is 0.286. The molecule has 0 aliphatic carbocycles. The highest BCUT2D eigenvalue weighted by molar-refractivity contribution is 9.10. The molecule has 1 heterocycles. The van der Waals surface area contributed by atoms with Crippen molar-refractivity contribution in [2.45, 2.75) is 6.42 Å². The highest BCUT2D eigenvalue weighted by atomic mass is 79.9. The molecule has 1 rings (SSSR count). The normalized spacial score (nSPS) is 10.0. The standard InChI is InChI=1S/C7H9BrN2O/c8-6-3-5(1-2-9)7(11)10-4-6/h3-4H,1-2,9H2,(H,10,11). The first-order chi connectivity index (χ1) is 5.24. The largest absolute Gasteiger partial charge is 0.330 e. The second kappa shape index (κ2) is 3.69. The van der Waals surface area contributed by atoms with Gasteiger partial charge in [-0.25, -0.2) is 0 Å². The van der Waals surface area contributed by atoms with E-state index in [-0.39, 0.29) is 5.56 Å². The van der Waals surface area contributed by atoms with E-state index in [4.69, 9.17) is 5.73 Å². The Labute approximate surface area is 72.7 Å². The molecule has 1 aromatic heterocycles. The molecule has 0 saturated carbocycles. The fourth-order valence-corrected chi connectivity index (χ4v) is 1.23. The number of nitrogens with two attached hydrogens (primary N) is 1. The van der Waals surface area contributed by atoms with Crippen molar-refractivity contribution in [1.29, 1.82) is 0 Å². The molecule has 11 heavy (non-hydrogen) atoms. The topological polar surface area (TPSA) is 58.9 Å². The lowest BCUT2D eigenvalue weighted by Gasteiger charge is -1.96. The molecule has 0 aliphatic heterocycles. The summed E-state index contributed by atoms with van der Waals surface area (Å²) in [6.45, 7) is 0.500. The number of aromatic amines is 1. The van der Waals surface area contributed by atoms with Crippen LogP contribution < -0.4 is 11.3 Å². The predicted molar refractivity (Wildman–Crippen MR) is 47.5 cm³/mol. The van der Waals surface area contributed by atoms with Crippen LogP contribution >= 0.6 is 15.9 Å². The molecule has 0 aromatic carbocycles. The van der Waals surface area contributed by atoms with Crippen LogP contribution in [0, 0.1) is 0 Å². The Balaban J connectivity index is 3.03. The molecule has 60 valence electrons. The van der Waals surface area contributed by atoms with Crippen LogP contribution in [0.2, 0.25) is 0 Å². The van der Waals surface area contributed by atoms with Crippen molar-refractivity contribution in [3.8, 4) is 0 Å². The van der Waals surface area contributed by atoms with Crippen LogP contribution in [0.15, 0.2) is 21.5 Å². The molecule has 0 saturated heterocycles. The maximum Gasteiger partial charge on any atom is 0.251 e. The molecular weight excluding hydrogens is 208 g/mol. The van der Waals surface area contributed by atoms with E-state index in [0.717, 1.165) is 10.0 Å². The van der Waals surface area contributed by atoms with E-state index in [9.17, 15) is 4.79 Å². The summed E-state index contributed by atoms with van der Waals surface area (Å²) in [5.41, 5.74) is 5.98. The smallest absolute Gasteiger partial charge is 0.251 e. The lowest BCUT2D eigenvalue weighted by Crippen LogP contribution is -2.15. The van der Waals surface area contributed by atoms with E-state index in [1.165, 1.54) is 0 Å². The molecule has 4 heteroatoms. The number of hydrogen-bond donors (Lipinski definition) is 2. The number of rotatable bonds is 2. The zero-order valence-electron chi connectivity index (χ0n) is 5.93. The molecule has 3 N–H and O–H groups in total. The van der Waals surface area contributed by atoms with Gasteiger partial charge in [-0.3, -0.25) is 4.79 Å². The average Bonchev–Trinajstić information content (AvgIpc) is 1.98. The summed E-state index contributed by atoms with van der Waals surface area (Å²) in [4.78, 5) is 13.6. The van der Waals surface area contributed by atoms with Gasteiger partial charge in [-0.2, -0.15) is 0 Å². The summed E-state index contributed by atoms with van der Waals surface area (Å²) in [6.07, 6.45) is 2.23. The SMILES string of the molecule is NCCc1cc(Br)c[nH]c1=O. The summed E-state index contributed by atoms with van der Waals surface area (Å²) < 4.78 is 0.876. The first-order valence-corrected chi connectivity index (χ1v) is 4.10. The maximum atomic E-state index is 11.0. The highest BCUT2D eigenvalue weighted by Gasteiger charge is 1.97. The molecule has 0 unspecified atom stereocenters. The van der Waals surface area contributed by atoms with Crippen molar-refractivity contribution in [1.82, 2.24) is 4.98 Å². The first kappa shape index (κ1) is 8.49. The van der Waals surface area contributed by atoms with Crippen LogP contribution in [-0.2, 0) is 6.42 Å². The average molecular weight is 217 g/mol. The Morgan fingerprint density at radius 2 is 2.36 bits per heavy atom. The van der Waals surface area contributed by atoms with Crippen LogP contribution in [0.5, 0.6) is 0 Å². The molecule has 0 amide bonds. The van der Waals surface area contributed by atoms with Gasteiger partial charge in [0.2, 0.25) is 0 Å². The van der Waals surface area contributed by atoms with Gasteiger partial charge in [-0.15, -0.1) is 0 Å². The number of aromatic nitrogens is 1. The second-order valence-electron chi connectivity index (χ2n) is 2.21. The zero-order chi connectivity index (χ0) is 8.27. The molecule has 0 radical (unpaired) electrons. The van der Waals surface area contributed by atoms with Gasteiger partial charge in [-0.05, 0) is 35.0 Å². The number of hydrogen-bond acceptors (Lipinski definition) is 2. The third-order valence-electron chi connectivity index (χ3n) is 1.36. The number of nitrogens with one attached hydrogen (secondary N) is 1. The fourth-order valence-electron chi connectivity index (χ4n) is 0.842. The van der Waals surface area contributed by atoms with Gasteiger partial charge in [0.15, 0.2) is 0 Å². The molecule has 0 fully saturated rings. The van der Waals surface area contributed by atoms with E-state index in [0.29, 0.717) is 13.0 Å². The molecule has 0 atom stereocenters. The lowest BCUT2D eigenvalue weighted by molar-refractivity contribution is 0.940. The van der Waals surface area contributed by atoms with Gasteiger partial charge in [-0.1, -0.05) is 0 Å². The van der Waals surface area contributed by atoms with Gasteiger partial charge in [0.05, 0.1) is 0 Å². The Hall–Kier alpha value is -0.610. The Kier molecular flexibility index (Phi) is 2.84. The van der Waals surface area contributed by atoms with E-state index < -0.39 is 0 Å². The van der Waals surface area contributed by atoms with Gasteiger partial charge >= 0.3 is 0 Å². The summed E-state index contributed by atoms with van der Waals surface area (Å²) in [5, 5.41) is 0. The third kappa shape index (κ3) is 2.17. The maximum absolute atomic E-state index is 11.0. The van der Waals surface area contributed by atoms with Gasteiger partial charge in [0.1, 0.15) is 0 Å². The summed E-state index contributed by atoms with van der Waals surface area (Å²) in [6, 6.07) is 1.78. The minimum Gasteiger partial charge on any atom is -0.330 e. The van der Waals surface area contributed by atoms with Gasteiger partial charge in [0.25, 0.3) is 5.56 Å². The van der Waals surface area contributed by atoms with E-state index in [1.54, 1.807) is 12.3 Å². The highest BCUT2D eigenvalue weighted by Crippen LogP contribution is 2.06. The third-order valence-corrected chi connectivity index (χ3v) is 1.82. The summed E-state index contributed by atoms with van der Waals surface area (Å²) in [5.74, 6) is 0. The van der Waals surface area contributed by atoms with E-state index >= 15 is 0 Å². The monoisotopic (exact) mass is 216 g/mol. The quantitative estimate of drug-likeness (QED) is 0.763. The summed E-state index contributed by atoms with van der Waals surface area (Å²) >= 11 is 3.26. The summed E-state index contributed by atoms with van der Waals surface area (Å²) in [7, 11) is 0. The second-order valence-corrected chi connectivity index (χ2v) is 3.13. The van der Waals surface area contributed by atoms with Gasteiger partial charge < -0.3 is 10.7 Å². The molecule has 0 bridgehead atoms. The molecular formula is C7H9BrN2O. The van der Waals surface area contributed by atoms with Crippen molar-refractivity contribution in [3.05, 3.63) is 32.7 Å². The van der Waals surface area contributed by atoms with Crippen LogP contribution in [-0.4, -0.2) is 11.5 Å². The number of H-pyrrole nitrogens is 1. The van der Waals surface area contributed by atoms with Crippen molar-refractivity contribution in [3.63, 3.8) is 0 Å². The number of pyridine rings is 1. The van der Waals surface area contributed by atoms with Crippen LogP contribution in [0.25, 0.3) is 0 Å². The number of halogens is 1. The Bertz CT molecular complexity index is 295. The molecule has 0 spiro atoms. The Morgan fingerprint density at radius 1 is 1.64 bits per heavy atom. The Morgan fingerprint density at radius 3 is 3.00 bits per heavy atom. The minimum absolute atomic E-state index is 0.0568. The lowest BCUT2D eigenvalue weighted by atomic mass is 10.2. The first-order valence-electron chi connectivity index (χ1n) is 3.31. The van der Waals surface area contributed by atoms with Crippen LogP contribution in [0.4, 0.5) is 0 Å². The van der Waals surface area contributed by atoms with Crippen LogP contribution in [0.3, 0.4) is 0 Å². The molecule has 3 nitrogen and oxygen atoms in total. The minimum atomic E-state index is -0.0568. The van der Waals surface area contributed by atoms with Crippen LogP contribution in [0.1, 0.15) is 5.56 Å². The van der Waals surface area contributed by atoms with E-state index in [1.807, 2.05) is 0 Å². The van der Waals surface area contributed by atoms with Crippen molar-refractivity contribution in [2.24, 2.45) is 5.73 Å². The van der Waals surface area contributed by atoms with Gasteiger partial charge in [0, 0.05) is 16.2 Å². The van der Waals surface area contributed by atoms with E-state index in [2.05, 4.69) is 20.9 Å². The van der Waals surface area contributed by atoms with Crippen molar-refractivity contribution >= 4 is 15.9 Å². The molecule has 0 aliphatic rings. The van der Waals surface area contributed by atoms with Crippen molar-refractivity contribution < 1.29 is 0 Å². The molecule has 1 aromatic rings. The zero-order valence-corrected chi connectivity index (χ0v) is 7.52. The van der Waals surface area contributed by atoms with Crippen molar-refractivity contribution in [2.75, 3.05) is 6.54 Å².